The van der Waals surface area contributed by atoms with E-state index in [2.05, 4.69) is 15.2 Å². The van der Waals surface area contributed by atoms with Gasteiger partial charge in [0, 0.05) is 42.3 Å². The van der Waals surface area contributed by atoms with E-state index in [-0.39, 0.29) is 5.92 Å². The van der Waals surface area contributed by atoms with Crippen molar-refractivity contribution in [2.24, 2.45) is 0 Å². The van der Waals surface area contributed by atoms with Crippen molar-refractivity contribution in [3.05, 3.63) is 41.5 Å². The Morgan fingerprint density at radius 1 is 1.27 bits per heavy atom. The number of piperidine rings is 1. The molecular formula is C15H20N4O2S. The molecule has 0 spiro atoms. The summed E-state index contributed by atoms with van der Waals surface area (Å²) >= 11 is 0. The van der Waals surface area contributed by atoms with Gasteiger partial charge >= 0.3 is 0 Å². The van der Waals surface area contributed by atoms with Crippen LogP contribution in [0.5, 0.6) is 0 Å². The van der Waals surface area contributed by atoms with Gasteiger partial charge in [-0.15, -0.1) is 0 Å². The van der Waals surface area contributed by atoms with Crippen LogP contribution in [0.25, 0.3) is 0 Å². The van der Waals surface area contributed by atoms with Gasteiger partial charge in [0.05, 0.1) is 4.90 Å². The summed E-state index contributed by atoms with van der Waals surface area (Å²) in [6.45, 7) is 4.68. The van der Waals surface area contributed by atoms with Gasteiger partial charge in [0.2, 0.25) is 10.0 Å². The fourth-order valence-corrected chi connectivity index (χ4v) is 4.69. The lowest BCUT2D eigenvalue weighted by molar-refractivity contribution is 0.312. The zero-order chi connectivity index (χ0) is 15.7. The maximum atomic E-state index is 12.9. The minimum Gasteiger partial charge on any atom is -0.282 e. The summed E-state index contributed by atoms with van der Waals surface area (Å²) < 4.78 is 27.3. The monoisotopic (exact) mass is 320 g/mol. The molecule has 3 rings (SSSR count). The highest BCUT2D eigenvalue weighted by atomic mass is 32.2. The molecule has 7 heteroatoms. The van der Waals surface area contributed by atoms with Crippen molar-refractivity contribution in [1.82, 2.24) is 19.5 Å². The van der Waals surface area contributed by atoms with E-state index >= 15 is 0 Å². The van der Waals surface area contributed by atoms with E-state index in [0.29, 0.717) is 18.0 Å². The lowest BCUT2D eigenvalue weighted by Gasteiger charge is -2.31. The fraction of sp³-hybridized carbons (Fsp3) is 0.467. The summed E-state index contributed by atoms with van der Waals surface area (Å²) in [7, 11) is -3.47. The summed E-state index contributed by atoms with van der Waals surface area (Å²) in [5.41, 5.74) is 2.45. The van der Waals surface area contributed by atoms with E-state index in [9.17, 15) is 8.42 Å². The SMILES string of the molecule is Cc1cc(S(=O)(=O)N2CCCC(c3ccn[nH]3)C2)cc(C)n1. The lowest BCUT2D eigenvalue weighted by atomic mass is 9.96. The molecule has 0 aliphatic carbocycles. The van der Waals surface area contributed by atoms with E-state index < -0.39 is 10.0 Å². The molecule has 1 fully saturated rings. The number of pyridine rings is 1. The maximum Gasteiger partial charge on any atom is 0.243 e. The first-order valence-corrected chi connectivity index (χ1v) is 8.85. The van der Waals surface area contributed by atoms with E-state index in [0.717, 1.165) is 29.9 Å². The number of aromatic nitrogens is 3. The van der Waals surface area contributed by atoms with Crippen molar-refractivity contribution in [2.45, 2.75) is 37.5 Å². The predicted octanol–water partition coefficient (Wildman–Crippen LogP) is 1.99. The van der Waals surface area contributed by atoms with Gasteiger partial charge in [-0.3, -0.25) is 10.1 Å². The molecule has 1 atom stereocenters. The third-order valence-electron chi connectivity index (χ3n) is 4.04. The Labute approximate surface area is 130 Å². The zero-order valence-electron chi connectivity index (χ0n) is 12.8. The van der Waals surface area contributed by atoms with Crippen LogP contribution < -0.4 is 0 Å². The number of sulfonamides is 1. The molecule has 2 aromatic rings. The first kappa shape index (κ1) is 15.2. The first-order chi connectivity index (χ1) is 10.5. The predicted molar refractivity (Wildman–Crippen MR) is 83.0 cm³/mol. The Morgan fingerprint density at radius 2 is 2.00 bits per heavy atom. The molecule has 22 heavy (non-hydrogen) atoms. The molecule has 1 saturated heterocycles. The lowest BCUT2D eigenvalue weighted by Crippen LogP contribution is -2.39. The van der Waals surface area contributed by atoms with Crippen LogP contribution in [0.15, 0.2) is 29.3 Å². The van der Waals surface area contributed by atoms with E-state index in [4.69, 9.17) is 0 Å². The Hall–Kier alpha value is -1.73. The Kier molecular flexibility index (Phi) is 4.01. The van der Waals surface area contributed by atoms with Gasteiger partial charge in [0.25, 0.3) is 0 Å². The number of nitrogens with zero attached hydrogens (tertiary/aromatic N) is 3. The van der Waals surface area contributed by atoms with E-state index in [1.54, 1.807) is 22.6 Å². The molecule has 1 unspecified atom stereocenters. The topological polar surface area (TPSA) is 79.0 Å². The Morgan fingerprint density at radius 3 is 2.64 bits per heavy atom. The minimum absolute atomic E-state index is 0.176. The van der Waals surface area contributed by atoms with Crippen molar-refractivity contribution in [1.29, 1.82) is 0 Å². The zero-order valence-corrected chi connectivity index (χ0v) is 13.6. The molecular weight excluding hydrogens is 300 g/mol. The third kappa shape index (κ3) is 2.91. The number of H-pyrrole nitrogens is 1. The molecule has 0 aromatic carbocycles. The average Bonchev–Trinajstić information content (AvgIpc) is 3.00. The van der Waals surface area contributed by atoms with E-state index in [1.165, 1.54) is 0 Å². The second kappa shape index (κ2) is 5.81. The minimum atomic E-state index is -3.47. The van der Waals surface area contributed by atoms with Gasteiger partial charge in [-0.25, -0.2) is 8.42 Å². The molecule has 2 aromatic heterocycles. The van der Waals surface area contributed by atoms with Crippen molar-refractivity contribution < 1.29 is 8.42 Å². The molecule has 0 bridgehead atoms. The molecule has 3 heterocycles. The summed E-state index contributed by atoms with van der Waals surface area (Å²) in [5.74, 6) is 0.176. The van der Waals surface area contributed by atoms with Gasteiger partial charge in [-0.1, -0.05) is 0 Å². The van der Waals surface area contributed by atoms with Crippen molar-refractivity contribution in [2.75, 3.05) is 13.1 Å². The number of rotatable bonds is 3. The highest BCUT2D eigenvalue weighted by molar-refractivity contribution is 7.89. The van der Waals surface area contributed by atoms with Crippen LogP contribution in [0.4, 0.5) is 0 Å². The van der Waals surface area contributed by atoms with Gasteiger partial charge in [-0.2, -0.15) is 9.40 Å². The number of aryl methyl sites for hydroxylation is 2. The molecule has 1 aliphatic heterocycles. The Bertz CT molecular complexity index is 736. The molecule has 118 valence electrons. The smallest absolute Gasteiger partial charge is 0.243 e. The normalized spacial score (nSPS) is 20.2. The summed E-state index contributed by atoms with van der Waals surface area (Å²) in [6.07, 6.45) is 3.53. The van der Waals surface area contributed by atoms with Crippen molar-refractivity contribution in [3.8, 4) is 0 Å². The Balaban J connectivity index is 1.88. The van der Waals surface area contributed by atoms with Crippen LogP contribution >= 0.6 is 0 Å². The molecule has 0 radical (unpaired) electrons. The van der Waals surface area contributed by atoms with Crippen LogP contribution in [-0.4, -0.2) is 41.0 Å². The van der Waals surface area contributed by atoms with Crippen LogP contribution in [-0.2, 0) is 10.0 Å². The van der Waals surface area contributed by atoms with Crippen LogP contribution in [0.2, 0.25) is 0 Å². The van der Waals surface area contributed by atoms with Crippen LogP contribution in [0.1, 0.15) is 35.8 Å². The number of aromatic amines is 1. The van der Waals surface area contributed by atoms with Crippen LogP contribution in [0.3, 0.4) is 0 Å². The first-order valence-electron chi connectivity index (χ1n) is 7.41. The third-order valence-corrected chi connectivity index (χ3v) is 5.88. The average molecular weight is 320 g/mol. The van der Waals surface area contributed by atoms with E-state index in [1.807, 2.05) is 19.9 Å². The number of hydrogen-bond acceptors (Lipinski definition) is 4. The standard InChI is InChI=1S/C15H20N4O2S/c1-11-8-14(9-12(2)17-11)22(20,21)19-7-3-4-13(10-19)15-5-6-16-18-15/h5-6,8-9,13H,3-4,7,10H2,1-2H3,(H,16,18). The molecule has 0 saturated carbocycles. The summed E-state index contributed by atoms with van der Waals surface area (Å²) in [5, 5.41) is 6.92. The quantitative estimate of drug-likeness (QED) is 0.938. The maximum absolute atomic E-state index is 12.9. The van der Waals surface area contributed by atoms with Gasteiger partial charge in [0.15, 0.2) is 0 Å². The van der Waals surface area contributed by atoms with Crippen molar-refractivity contribution in [3.63, 3.8) is 0 Å². The largest absolute Gasteiger partial charge is 0.282 e. The second-order valence-corrected chi connectivity index (χ2v) is 7.74. The summed E-state index contributed by atoms with van der Waals surface area (Å²) in [6, 6.07) is 5.20. The molecule has 1 aliphatic rings. The van der Waals surface area contributed by atoms with Gasteiger partial charge in [0.1, 0.15) is 0 Å². The van der Waals surface area contributed by atoms with Crippen molar-refractivity contribution >= 4 is 10.0 Å². The van der Waals surface area contributed by atoms with Gasteiger partial charge in [-0.05, 0) is 44.9 Å². The number of hydrogen-bond donors (Lipinski definition) is 1. The summed E-state index contributed by atoms with van der Waals surface area (Å²) in [4.78, 5) is 4.59. The molecule has 6 nitrogen and oxygen atoms in total. The van der Waals surface area contributed by atoms with Gasteiger partial charge < -0.3 is 0 Å². The highest BCUT2D eigenvalue weighted by Crippen LogP contribution is 2.29. The highest BCUT2D eigenvalue weighted by Gasteiger charge is 2.31. The molecule has 0 amide bonds. The fourth-order valence-electron chi connectivity index (χ4n) is 3.00. The molecule has 1 N–H and O–H groups in total. The number of nitrogens with one attached hydrogen (secondary N) is 1. The van der Waals surface area contributed by atoms with Crippen LogP contribution in [0, 0.1) is 13.8 Å². The second-order valence-electron chi connectivity index (χ2n) is 5.80.